The van der Waals surface area contributed by atoms with Crippen molar-refractivity contribution < 1.29 is 4.79 Å². The zero-order chi connectivity index (χ0) is 19.0. The highest BCUT2D eigenvalue weighted by Gasteiger charge is 2.23. The zero-order valence-electron chi connectivity index (χ0n) is 15.4. The lowest BCUT2D eigenvalue weighted by Gasteiger charge is -2.12. The van der Waals surface area contributed by atoms with Crippen molar-refractivity contribution >= 4 is 51.2 Å². The minimum Gasteiger partial charge on any atom is -0.378 e. The van der Waals surface area contributed by atoms with Gasteiger partial charge in [0, 0.05) is 33.0 Å². The number of hydrogen-bond donors (Lipinski definition) is 0. The van der Waals surface area contributed by atoms with Crippen molar-refractivity contribution in [1.82, 2.24) is 14.5 Å². The van der Waals surface area contributed by atoms with E-state index in [9.17, 15) is 4.79 Å². The molecule has 1 aliphatic heterocycles. The molecule has 0 bridgehead atoms. The SMILES string of the molecule is CN(C)c1ccc(/C=C(/C2=NC(=O)CS2)c2nc3ncccc3n2C)cc1. The number of aliphatic imine (C=N–C) groups is 1. The molecule has 1 aromatic carbocycles. The van der Waals surface area contributed by atoms with Crippen LogP contribution in [-0.2, 0) is 11.8 Å². The molecule has 0 spiro atoms. The highest BCUT2D eigenvalue weighted by Crippen LogP contribution is 2.30. The van der Waals surface area contributed by atoms with E-state index in [0.29, 0.717) is 16.4 Å². The van der Waals surface area contributed by atoms with Crippen LogP contribution in [0, 0.1) is 0 Å². The summed E-state index contributed by atoms with van der Waals surface area (Å²) < 4.78 is 1.99. The van der Waals surface area contributed by atoms with Gasteiger partial charge < -0.3 is 9.47 Å². The van der Waals surface area contributed by atoms with Gasteiger partial charge in [-0.15, -0.1) is 0 Å². The van der Waals surface area contributed by atoms with Crippen molar-refractivity contribution in [3.63, 3.8) is 0 Å². The second kappa shape index (κ2) is 7.00. The molecule has 3 aromatic rings. The Bertz CT molecular complexity index is 1080. The number of imidazole rings is 1. The van der Waals surface area contributed by atoms with Gasteiger partial charge in [-0.25, -0.2) is 15.0 Å². The Labute approximate surface area is 161 Å². The molecule has 0 radical (unpaired) electrons. The maximum absolute atomic E-state index is 11.7. The van der Waals surface area contributed by atoms with Crippen LogP contribution >= 0.6 is 11.8 Å². The minimum atomic E-state index is -0.110. The molecular weight excluding hydrogens is 358 g/mol. The molecule has 27 heavy (non-hydrogen) atoms. The quantitative estimate of drug-likeness (QED) is 0.698. The van der Waals surface area contributed by atoms with E-state index in [-0.39, 0.29) is 5.91 Å². The van der Waals surface area contributed by atoms with Gasteiger partial charge >= 0.3 is 0 Å². The second-order valence-electron chi connectivity index (χ2n) is 6.48. The number of carbonyl (C=O) groups excluding carboxylic acids is 1. The highest BCUT2D eigenvalue weighted by atomic mass is 32.2. The van der Waals surface area contributed by atoms with E-state index in [4.69, 9.17) is 4.98 Å². The van der Waals surface area contributed by atoms with E-state index >= 15 is 0 Å². The number of aryl methyl sites for hydroxylation is 1. The molecule has 0 fully saturated rings. The van der Waals surface area contributed by atoms with Crippen molar-refractivity contribution in [3.8, 4) is 0 Å². The topological polar surface area (TPSA) is 63.4 Å². The van der Waals surface area contributed by atoms with Gasteiger partial charge in [0.05, 0.1) is 16.8 Å². The van der Waals surface area contributed by atoms with Gasteiger partial charge in [0.25, 0.3) is 5.91 Å². The molecule has 7 heteroatoms. The van der Waals surface area contributed by atoms with Crippen molar-refractivity contribution in [1.29, 1.82) is 0 Å². The van der Waals surface area contributed by atoms with E-state index in [1.165, 1.54) is 11.8 Å². The van der Waals surface area contributed by atoms with Crippen LogP contribution in [0.2, 0.25) is 0 Å². The summed E-state index contributed by atoms with van der Waals surface area (Å²) in [6.07, 6.45) is 3.76. The summed E-state index contributed by atoms with van der Waals surface area (Å²) >= 11 is 1.45. The predicted molar refractivity (Wildman–Crippen MR) is 112 cm³/mol. The molecule has 0 saturated heterocycles. The summed E-state index contributed by atoms with van der Waals surface area (Å²) in [5, 5.41) is 0.704. The molecule has 2 aromatic heterocycles. The first kappa shape index (κ1) is 17.5. The summed E-state index contributed by atoms with van der Waals surface area (Å²) in [5.74, 6) is 1.01. The number of carbonyl (C=O) groups is 1. The van der Waals surface area contributed by atoms with Crippen molar-refractivity contribution in [3.05, 3.63) is 54.0 Å². The van der Waals surface area contributed by atoms with Gasteiger partial charge in [-0.1, -0.05) is 23.9 Å². The molecule has 1 amide bonds. The van der Waals surface area contributed by atoms with Gasteiger partial charge in [0.2, 0.25) is 0 Å². The van der Waals surface area contributed by atoms with Crippen LogP contribution in [0.3, 0.4) is 0 Å². The Morgan fingerprint density at radius 3 is 2.63 bits per heavy atom. The van der Waals surface area contributed by atoms with E-state index in [0.717, 1.165) is 28.2 Å². The van der Waals surface area contributed by atoms with Gasteiger partial charge in [0.1, 0.15) is 10.9 Å². The highest BCUT2D eigenvalue weighted by molar-refractivity contribution is 8.16. The van der Waals surface area contributed by atoms with Crippen LogP contribution in [0.25, 0.3) is 22.8 Å². The standard InChI is InChI=1S/C20H19N5OS/c1-24(2)14-8-6-13(7-9-14)11-15(20-22-17(26)12-27-20)19-23-18-16(25(19)3)5-4-10-21-18/h4-11H,12H2,1-3H3/b15-11+. The fraction of sp³-hybridized carbons (Fsp3) is 0.200. The van der Waals surface area contributed by atoms with Crippen LogP contribution in [-0.4, -0.2) is 45.3 Å². The summed E-state index contributed by atoms with van der Waals surface area (Å²) in [5.41, 5.74) is 4.61. The Balaban J connectivity index is 1.85. The third-order valence-corrected chi connectivity index (χ3v) is 5.38. The average Bonchev–Trinajstić information content (AvgIpc) is 3.24. The summed E-state index contributed by atoms with van der Waals surface area (Å²) in [6.45, 7) is 0. The van der Waals surface area contributed by atoms with Crippen LogP contribution in [0.1, 0.15) is 11.4 Å². The van der Waals surface area contributed by atoms with E-state index in [1.807, 2.05) is 43.9 Å². The maximum atomic E-state index is 11.7. The number of rotatable bonds is 4. The number of pyridine rings is 1. The number of thioether (sulfide) groups is 1. The second-order valence-corrected chi connectivity index (χ2v) is 7.45. The Hall–Kier alpha value is -2.93. The summed E-state index contributed by atoms with van der Waals surface area (Å²) in [6, 6.07) is 12.1. The summed E-state index contributed by atoms with van der Waals surface area (Å²) in [4.78, 5) is 27.0. The molecule has 0 saturated carbocycles. The van der Waals surface area contributed by atoms with Crippen molar-refractivity contribution in [2.75, 3.05) is 24.7 Å². The number of benzene rings is 1. The van der Waals surface area contributed by atoms with Gasteiger partial charge in [0.15, 0.2) is 5.65 Å². The number of amides is 1. The first-order valence-electron chi connectivity index (χ1n) is 8.54. The molecule has 0 N–H and O–H groups in total. The van der Waals surface area contributed by atoms with Crippen LogP contribution < -0.4 is 4.90 Å². The summed E-state index contributed by atoms with van der Waals surface area (Å²) in [7, 11) is 5.98. The monoisotopic (exact) mass is 377 g/mol. The number of hydrogen-bond acceptors (Lipinski definition) is 5. The molecule has 4 rings (SSSR count). The largest absolute Gasteiger partial charge is 0.378 e. The first-order chi connectivity index (χ1) is 13.0. The minimum absolute atomic E-state index is 0.110. The van der Waals surface area contributed by atoms with Crippen molar-refractivity contribution in [2.24, 2.45) is 12.0 Å². The fourth-order valence-electron chi connectivity index (χ4n) is 2.97. The van der Waals surface area contributed by atoms with Crippen molar-refractivity contribution in [2.45, 2.75) is 0 Å². The third kappa shape index (κ3) is 3.38. The Morgan fingerprint density at radius 1 is 1.22 bits per heavy atom. The molecule has 0 atom stereocenters. The molecule has 0 aliphatic carbocycles. The first-order valence-corrected chi connectivity index (χ1v) is 9.53. The van der Waals surface area contributed by atoms with Crippen LogP contribution in [0.5, 0.6) is 0 Å². The number of fused-ring (bicyclic) bond motifs is 1. The lowest BCUT2D eigenvalue weighted by atomic mass is 10.1. The average molecular weight is 377 g/mol. The zero-order valence-corrected chi connectivity index (χ0v) is 16.2. The maximum Gasteiger partial charge on any atom is 0.257 e. The lowest BCUT2D eigenvalue weighted by molar-refractivity contribution is -0.115. The molecule has 0 unspecified atom stereocenters. The number of aromatic nitrogens is 3. The number of nitrogens with zero attached hydrogens (tertiary/aromatic N) is 5. The molecule has 1 aliphatic rings. The van der Waals surface area contributed by atoms with Crippen LogP contribution in [0.15, 0.2) is 47.6 Å². The molecule has 6 nitrogen and oxygen atoms in total. The van der Waals surface area contributed by atoms with Gasteiger partial charge in [-0.3, -0.25) is 4.79 Å². The van der Waals surface area contributed by atoms with Gasteiger partial charge in [-0.05, 0) is 35.9 Å². The molecular formula is C20H19N5OS. The Morgan fingerprint density at radius 2 is 2.00 bits per heavy atom. The van der Waals surface area contributed by atoms with E-state index in [1.54, 1.807) is 6.20 Å². The normalized spacial score (nSPS) is 14.7. The molecule has 136 valence electrons. The molecule has 3 heterocycles. The van der Waals surface area contributed by atoms with E-state index in [2.05, 4.69) is 39.1 Å². The van der Waals surface area contributed by atoms with Crippen LogP contribution in [0.4, 0.5) is 5.69 Å². The third-order valence-electron chi connectivity index (χ3n) is 4.41. The number of anilines is 1. The van der Waals surface area contributed by atoms with E-state index < -0.39 is 0 Å². The lowest BCUT2D eigenvalue weighted by Crippen LogP contribution is -2.08. The Kier molecular flexibility index (Phi) is 4.53. The van der Waals surface area contributed by atoms with Gasteiger partial charge in [-0.2, -0.15) is 0 Å². The fourth-order valence-corrected chi connectivity index (χ4v) is 3.77. The predicted octanol–water partition coefficient (Wildman–Crippen LogP) is 3.25. The smallest absolute Gasteiger partial charge is 0.257 e.